The van der Waals surface area contributed by atoms with E-state index in [0.29, 0.717) is 24.5 Å². The second kappa shape index (κ2) is 9.23. The lowest BCUT2D eigenvalue weighted by molar-refractivity contribution is -0.136. The van der Waals surface area contributed by atoms with Crippen molar-refractivity contribution in [2.75, 3.05) is 35.7 Å². The maximum absolute atomic E-state index is 11.7. The van der Waals surface area contributed by atoms with Crippen LogP contribution in [-0.4, -0.2) is 37.3 Å². The van der Waals surface area contributed by atoms with Crippen LogP contribution in [0.2, 0.25) is 0 Å². The highest BCUT2D eigenvalue weighted by molar-refractivity contribution is 6.39. The van der Waals surface area contributed by atoms with Crippen molar-refractivity contribution >= 4 is 34.8 Å². The number of nitrogens with zero attached hydrogens (tertiary/aromatic N) is 1. The molecule has 6 heteroatoms. The molecule has 0 atom stereocenters. The van der Waals surface area contributed by atoms with Gasteiger partial charge in [-0.25, -0.2) is 0 Å². The maximum Gasteiger partial charge on any atom is 0.313 e. The van der Waals surface area contributed by atoms with Crippen molar-refractivity contribution in [3.63, 3.8) is 0 Å². The van der Waals surface area contributed by atoms with E-state index in [0.717, 1.165) is 18.8 Å². The highest BCUT2D eigenvalue weighted by atomic mass is 35.5. The fourth-order valence-electron chi connectivity index (χ4n) is 1.88. The predicted molar refractivity (Wildman–Crippen MR) is 87.0 cm³/mol. The van der Waals surface area contributed by atoms with E-state index in [4.69, 9.17) is 11.6 Å². The van der Waals surface area contributed by atoms with Crippen molar-refractivity contribution in [2.24, 2.45) is 0 Å². The van der Waals surface area contributed by atoms with E-state index in [2.05, 4.69) is 29.4 Å². The number of benzene rings is 1. The number of hydrogen-bond acceptors (Lipinski definition) is 3. The SMILES string of the molecule is CCN(CC)c1ccc(NC(=O)C(=O)NCCCCl)cc1. The number of halogens is 1. The average molecular weight is 312 g/mol. The zero-order valence-corrected chi connectivity index (χ0v) is 13.2. The highest BCUT2D eigenvalue weighted by Crippen LogP contribution is 2.17. The molecule has 0 fully saturated rings. The zero-order chi connectivity index (χ0) is 15.7. The Labute approximate surface area is 130 Å². The van der Waals surface area contributed by atoms with Crippen LogP contribution in [0.5, 0.6) is 0 Å². The molecule has 0 aliphatic rings. The van der Waals surface area contributed by atoms with Crippen molar-refractivity contribution in [1.29, 1.82) is 0 Å². The molecule has 2 N–H and O–H groups in total. The summed E-state index contributed by atoms with van der Waals surface area (Å²) >= 11 is 5.50. The third-order valence-electron chi connectivity index (χ3n) is 3.06. The van der Waals surface area contributed by atoms with Crippen LogP contribution in [0.25, 0.3) is 0 Å². The molecule has 1 rings (SSSR count). The average Bonchev–Trinajstić information content (AvgIpc) is 2.50. The first-order valence-electron chi connectivity index (χ1n) is 7.12. The number of hydrogen-bond donors (Lipinski definition) is 2. The van der Waals surface area contributed by atoms with Gasteiger partial charge in [0, 0.05) is 36.9 Å². The number of carbonyl (C=O) groups excluding carboxylic acids is 2. The molecule has 0 unspecified atom stereocenters. The molecular formula is C15H22ClN3O2. The summed E-state index contributed by atoms with van der Waals surface area (Å²) in [5, 5.41) is 5.08. The topological polar surface area (TPSA) is 61.4 Å². The first kappa shape index (κ1) is 17.3. The van der Waals surface area contributed by atoms with Gasteiger partial charge in [-0.15, -0.1) is 11.6 Å². The van der Waals surface area contributed by atoms with E-state index < -0.39 is 11.8 Å². The Hall–Kier alpha value is -1.75. The van der Waals surface area contributed by atoms with Crippen molar-refractivity contribution in [1.82, 2.24) is 5.32 Å². The molecule has 21 heavy (non-hydrogen) atoms. The lowest BCUT2D eigenvalue weighted by Gasteiger charge is -2.21. The molecule has 0 saturated carbocycles. The monoisotopic (exact) mass is 311 g/mol. The molecule has 1 aromatic rings. The molecule has 0 spiro atoms. The minimum Gasteiger partial charge on any atom is -0.372 e. The van der Waals surface area contributed by atoms with Crippen molar-refractivity contribution in [3.8, 4) is 0 Å². The minimum atomic E-state index is -0.667. The number of carbonyl (C=O) groups is 2. The Kier molecular flexibility index (Phi) is 7.61. The van der Waals surface area contributed by atoms with Crippen molar-refractivity contribution < 1.29 is 9.59 Å². The van der Waals surface area contributed by atoms with E-state index in [-0.39, 0.29) is 0 Å². The van der Waals surface area contributed by atoms with Gasteiger partial charge in [-0.1, -0.05) is 0 Å². The quantitative estimate of drug-likeness (QED) is 0.461. The molecule has 5 nitrogen and oxygen atoms in total. The molecule has 0 aromatic heterocycles. The summed E-state index contributed by atoms with van der Waals surface area (Å²) < 4.78 is 0. The van der Waals surface area contributed by atoms with E-state index in [1.807, 2.05) is 12.1 Å². The van der Waals surface area contributed by atoms with E-state index in [1.165, 1.54) is 0 Å². The van der Waals surface area contributed by atoms with Gasteiger partial charge in [0.1, 0.15) is 0 Å². The van der Waals surface area contributed by atoms with Crippen LogP contribution in [-0.2, 0) is 9.59 Å². The zero-order valence-electron chi connectivity index (χ0n) is 12.5. The van der Waals surface area contributed by atoms with Gasteiger partial charge in [-0.3, -0.25) is 9.59 Å². The molecule has 0 saturated heterocycles. The third kappa shape index (κ3) is 5.63. The van der Waals surface area contributed by atoms with Crippen LogP contribution in [0.4, 0.5) is 11.4 Å². The summed E-state index contributed by atoms with van der Waals surface area (Å²) in [6.07, 6.45) is 0.638. The third-order valence-corrected chi connectivity index (χ3v) is 3.32. The summed E-state index contributed by atoms with van der Waals surface area (Å²) in [7, 11) is 0. The van der Waals surface area contributed by atoms with Gasteiger partial charge in [0.15, 0.2) is 0 Å². The standard InChI is InChI=1S/C15H22ClN3O2/c1-3-19(4-2)13-8-6-12(7-9-13)18-15(21)14(20)17-11-5-10-16/h6-9H,3-5,10-11H2,1-2H3,(H,17,20)(H,18,21). The largest absolute Gasteiger partial charge is 0.372 e. The first-order chi connectivity index (χ1) is 10.1. The second-order valence-electron chi connectivity index (χ2n) is 4.47. The second-order valence-corrected chi connectivity index (χ2v) is 4.85. The summed E-state index contributed by atoms with van der Waals surface area (Å²) in [6, 6.07) is 7.43. The van der Waals surface area contributed by atoms with Crippen LogP contribution in [0, 0.1) is 0 Å². The predicted octanol–water partition coefficient (Wildman–Crippen LogP) is 2.22. The lowest BCUT2D eigenvalue weighted by Crippen LogP contribution is -2.36. The van der Waals surface area contributed by atoms with Crippen LogP contribution in [0.3, 0.4) is 0 Å². The van der Waals surface area contributed by atoms with Gasteiger partial charge in [-0.2, -0.15) is 0 Å². The van der Waals surface area contributed by atoms with Crippen LogP contribution in [0.15, 0.2) is 24.3 Å². The maximum atomic E-state index is 11.7. The summed E-state index contributed by atoms with van der Waals surface area (Å²) in [4.78, 5) is 25.4. The van der Waals surface area contributed by atoms with Crippen molar-refractivity contribution in [2.45, 2.75) is 20.3 Å². The fraction of sp³-hybridized carbons (Fsp3) is 0.467. The molecule has 1 aromatic carbocycles. The first-order valence-corrected chi connectivity index (χ1v) is 7.66. The number of alkyl halides is 1. The molecule has 0 aliphatic heterocycles. The van der Waals surface area contributed by atoms with Gasteiger partial charge < -0.3 is 15.5 Å². The van der Waals surface area contributed by atoms with Gasteiger partial charge in [0.2, 0.25) is 0 Å². The van der Waals surface area contributed by atoms with Gasteiger partial charge in [0.25, 0.3) is 0 Å². The summed E-state index contributed by atoms with van der Waals surface area (Å²) in [5.41, 5.74) is 1.69. The Balaban J connectivity index is 2.55. The van der Waals surface area contributed by atoms with Crippen molar-refractivity contribution in [3.05, 3.63) is 24.3 Å². The fourth-order valence-corrected chi connectivity index (χ4v) is 2.01. The molecule has 0 radical (unpaired) electrons. The summed E-state index contributed by atoms with van der Waals surface area (Å²) in [5.74, 6) is -0.859. The van der Waals surface area contributed by atoms with Crippen LogP contribution < -0.4 is 15.5 Å². The molecule has 116 valence electrons. The number of nitrogens with one attached hydrogen (secondary N) is 2. The normalized spacial score (nSPS) is 10.0. The Bertz CT molecular complexity index is 458. The molecule has 0 aliphatic carbocycles. The highest BCUT2D eigenvalue weighted by Gasteiger charge is 2.12. The Morgan fingerprint density at radius 3 is 2.24 bits per heavy atom. The Morgan fingerprint density at radius 2 is 1.71 bits per heavy atom. The smallest absolute Gasteiger partial charge is 0.313 e. The lowest BCUT2D eigenvalue weighted by atomic mass is 10.2. The van der Waals surface area contributed by atoms with Gasteiger partial charge >= 0.3 is 11.8 Å². The molecule has 0 heterocycles. The van der Waals surface area contributed by atoms with Gasteiger partial charge in [-0.05, 0) is 44.5 Å². The van der Waals surface area contributed by atoms with E-state index >= 15 is 0 Å². The number of rotatable bonds is 7. The number of amides is 2. The van der Waals surface area contributed by atoms with E-state index in [1.54, 1.807) is 12.1 Å². The molecule has 0 bridgehead atoms. The molecule has 2 amide bonds. The summed E-state index contributed by atoms with van der Waals surface area (Å²) in [6.45, 7) is 6.42. The van der Waals surface area contributed by atoms with Gasteiger partial charge in [0.05, 0.1) is 0 Å². The molecular weight excluding hydrogens is 290 g/mol. The van der Waals surface area contributed by atoms with Crippen LogP contribution >= 0.6 is 11.6 Å². The number of anilines is 2. The van der Waals surface area contributed by atoms with E-state index in [9.17, 15) is 9.59 Å². The van der Waals surface area contributed by atoms with Crippen LogP contribution in [0.1, 0.15) is 20.3 Å². The Morgan fingerprint density at radius 1 is 1.10 bits per heavy atom. The minimum absolute atomic E-state index is 0.399.